The van der Waals surface area contributed by atoms with Gasteiger partial charge in [0.2, 0.25) is 0 Å². The zero-order valence-corrected chi connectivity index (χ0v) is 13.4. The molecule has 0 radical (unpaired) electrons. The maximum Gasteiger partial charge on any atom is 0.309 e. The van der Waals surface area contributed by atoms with E-state index in [1.165, 1.54) is 11.1 Å². The van der Waals surface area contributed by atoms with Gasteiger partial charge in [0.25, 0.3) is 0 Å². The van der Waals surface area contributed by atoms with E-state index in [4.69, 9.17) is 4.74 Å². The van der Waals surface area contributed by atoms with Crippen molar-refractivity contribution in [2.24, 2.45) is 5.92 Å². The summed E-state index contributed by atoms with van der Waals surface area (Å²) in [4.78, 5) is 12.3. The monoisotopic (exact) mass is 286 g/mol. The van der Waals surface area contributed by atoms with Crippen LogP contribution in [0.3, 0.4) is 0 Å². The van der Waals surface area contributed by atoms with Crippen molar-refractivity contribution < 1.29 is 9.53 Å². The van der Waals surface area contributed by atoms with E-state index in [9.17, 15) is 4.79 Å². The largest absolute Gasteiger partial charge is 0.460 e. The third-order valence-corrected chi connectivity index (χ3v) is 3.71. The lowest BCUT2D eigenvalue weighted by Gasteiger charge is -2.24. The second-order valence-corrected chi connectivity index (χ2v) is 6.89. The first-order valence-electron chi connectivity index (χ1n) is 7.89. The van der Waals surface area contributed by atoms with Crippen molar-refractivity contribution in [3.05, 3.63) is 47.5 Å². The lowest BCUT2D eigenvalue weighted by atomic mass is 9.93. The Bertz CT molecular complexity index is 494. The third kappa shape index (κ3) is 5.37. The lowest BCUT2D eigenvalue weighted by molar-refractivity contribution is -0.160. The van der Waals surface area contributed by atoms with Crippen LogP contribution in [-0.4, -0.2) is 11.6 Å². The first-order valence-corrected chi connectivity index (χ1v) is 7.89. The van der Waals surface area contributed by atoms with Crippen LogP contribution in [0.4, 0.5) is 0 Å². The summed E-state index contributed by atoms with van der Waals surface area (Å²) < 4.78 is 5.57. The van der Waals surface area contributed by atoms with Crippen LogP contribution < -0.4 is 0 Å². The number of hydrogen-bond donors (Lipinski definition) is 0. The minimum atomic E-state index is -0.396. The fourth-order valence-corrected chi connectivity index (χ4v) is 2.76. The number of hydrogen-bond acceptors (Lipinski definition) is 2. The summed E-state index contributed by atoms with van der Waals surface area (Å²) in [5.74, 6) is -0.0231. The normalized spacial score (nSPS) is 19.6. The molecule has 2 heteroatoms. The summed E-state index contributed by atoms with van der Waals surface area (Å²) in [6.45, 7) is 5.80. The molecule has 0 aromatic heterocycles. The molecule has 114 valence electrons. The molecule has 1 atom stereocenters. The van der Waals surface area contributed by atoms with Gasteiger partial charge in [-0.2, -0.15) is 0 Å². The maximum atomic E-state index is 12.3. The minimum absolute atomic E-state index is 0.0155. The predicted molar refractivity (Wildman–Crippen MR) is 86.0 cm³/mol. The average Bonchev–Trinajstić information content (AvgIpc) is 2.64. The SMILES string of the molecule is CC(C)(C)OC(=O)C1CCCC=C(Cc2ccccc2)C1. The van der Waals surface area contributed by atoms with Crippen molar-refractivity contribution >= 4 is 5.97 Å². The molecule has 0 N–H and O–H groups in total. The number of rotatable bonds is 3. The molecule has 0 fully saturated rings. The van der Waals surface area contributed by atoms with Gasteiger partial charge in [0.15, 0.2) is 0 Å². The van der Waals surface area contributed by atoms with Crippen molar-refractivity contribution in [3.63, 3.8) is 0 Å². The molecule has 1 aliphatic carbocycles. The van der Waals surface area contributed by atoms with Crippen molar-refractivity contribution in [2.45, 2.75) is 58.5 Å². The number of benzene rings is 1. The first kappa shape index (κ1) is 15.8. The van der Waals surface area contributed by atoms with Crippen molar-refractivity contribution in [3.8, 4) is 0 Å². The molecule has 0 spiro atoms. The Kier molecular flexibility index (Phi) is 5.22. The third-order valence-electron chi connectivity index (χ3n) is 3.71. The molecular weight excluding hydrogens is 260 g/mol. The highest BCUT2D eigenvalue weighted by Crippen LogP contribution is 2.28. The van der Waals surface area contributed by atoms with Gasteiger partial charge in [0.1, 0.15) is 5.60 Å². The van der Waals surface area contributed by atoms with Gasteiger partial charge in [0.05, 0.1) is 5.92 Å². The molecule has 2 nitrogen and oxygen atoms in total. The molecule has 21 heavy (non-hydrogen) atoms. The summed E-state index contributed by atoms with van der Waals surface area (Å²) in [7, 11) is 0. The molecule has 2 rings (SSSR count). The van der Waals surface area contributed by atoms with E-state index < -0.39 is 5.60 Å². The van der Waals surface area contributed by atoms with Crippen molar-refractivity contribution in [1.29, 1.82) is 0 Å². The first-order chi connectivity index (χ1) is 9.94. The van der Waals surface area contributed by atoms with Gasteiger partial charge in [-0.25, -0.2) is 0 Å². The van der Waals surface area contributed by atoms with Crippen LogP contribution in [0.25, 0.3) is 0 Å². The smallest absolute Gasteiger partial charge is 0.309 e. The Hall–Kier alpha value is -1.57. The molecular formula is C19H26O2. The van der Waals surface area contributed by atoms with Crippen LogP contribution in [-0.2, 0) is 16.0 Å². The number of carbonyl (C=O) groups excluding carboxylic acids is 1. The van der Waals surface area contributed by atoms with Crippen LogP contribution in [0.1, 0.15) is 52.0 Å². The van der Waals surface area contributed by atoms with Gasteiger partial charge in [-0.05, 0) is 58.4 Å². The highest BCUT2D eigenvalue weighted by atomic mass is 16.6. The minimum Gasteiger partial charge on any atom is -0.460 e. The Labute approximate surface area is 128 Å². The summed E-state index contributed by atoms with van der Waals surface area (Å²) in [6, 6.07) is 10.5. The number of carbonyl (C=O) groups is 1. The molecule has 0 aliphatic heterocycles. The number of allylic oxidation sites excluding steroid dienone is 2. The molecule has 0 saturated heterocycles. The summed E-state index contributed by atoms with van der Waals surface area (Å²) >= 11 is 0. The Morgan fingerprint density at radius 3 is 2.62 bits per heavy atom. The second kappa shape index (κ2) is 6.93. The molecule has 0 heterocycles. The fourth-order valence-electron chi connectivity index (χ4n) is 2.76. The molecule has 0 amide bonds. The van der Waals surface area contributed by atoms with E-state index in [1.54, 1.807) is 0 Å². The fraction of sp³-hybridized carbons (Fsp3) is 0.526. The quantitative estimate of drug-likeness (QED) is 0.595. The molecule has 1 unspecified atom stereocenters. The van der Waals surface area contributed by atoms with Crippen LogP contribution in [0, 0.1) is 5.92 Å². The highest BCUT2D eigenvalue weighted by molar-refractivity contribution is 5.73. The summed E-state index contributed by atoms with van der Waals surface area (Å²) in [5, 5.41) is 0. The topological polar surface area (TPSA) is 26.3 Å². The van der Waals surface area contributed by atoms with E-state index >= 15 is 0 Å². The predicted octanol–water partition coefficient (Wildman–Crippen LogP) is 4.69. The highest BCUT2D eigenvalue weighted by Gasteiger charge is 2.26. The van der Waals surface area contributed by atoms with E-state index in [2.05, 4.69) is 30.3 Å². The van der Waals surface area contributed by atoms with Gasteiger partial charge in [-0.1, -0.05) is 42.0 Å². The zero-order valence-electron chi connectivity index (χ0n) is 13.4. The Balaban J connectivity index is 2.00. The standard InChI is InChI=1S/C19H26O2/c1-19(2,3)21-18(20)17-12-8-7-11-16(14-17)13-15-9-5-4-6-10-15/h4-6,9-11,17H,7-8,12-14H2,1-3H3. The summed E-state index contributed by atoms with van der Waals surface area (Å²) in [5.41, 5.74) is 2.29. The second-order valence-electron chi connectivity index (χ2n) is 6.89. The van der Waals surface area contributed by atoms with Gasteiger partial charge >= 0.3 is 5.97 Å². The van der Waals surface area contributed by atoms with Crippen molar-refractivity contribution in [2.75, 3.05) is 0 Å². The molecule has 1 aliphatic rings. The Morgan fingerprint density at radius 2 is 1.95 bits per heavy atom. The summed E-state index contributed by atoms with van der Waals surface area (Å²) in [6.07, 6.45) is 7.18. The van der Waals surface area contributed by atoms with Gasteiger partial charge in [-0.3, -0.25) is 4.79 Å². The van der Waals surface area contributed by atoms with Crippen LogP contribution >= 0.6 is 0 Å². The molecule has 0 bridgehead atoms. The number of esters is 1. The van der Waals surface area contributed by atoms with Crippen LogP contribution in [0.2, 0.25) is 0 Å². The van der Waals surface area contributed by atoms with E-state index in [-0.39, 0.29) is 11.9 Å². The van der Waals surface area contributed by atoms with Crippen LogP contribution in [0.15, 0.2) is 42.0 Å². The van der Waals surface area contributed by atoms with E-state index in [0.29, 0.717) is 0 Å². The van der Waals surface area contributed by atoms with Crippen molar-refractivity contribution in [1.82, 2.24) is 0 Å². The molecule has 1 aromatic carbocycles. The zero-order chi connectivity index (χ0) is 15.3. The van der Waals surface area contributed by atoms with E-state index in [0.717, 1.165) is 32.1 Å². The number of ether oxygens (including phenoxy) is 1. The molecule has 0 saturated carbocycles. The van der Waals surface area contributed by atoms with Gasteiger partial charge in [0, 0.05) is 0 Å². The van der Waals surface area contributed by atoms with Gasteiger partial charge in [-0.15, -0.1) is 0 Å². The molecule has 1 aromatic rings. The van der Waals surface area contributed by atoms with Gasteiger partial charge < -0.3 is 4.74 Å². The Morgan fingerprint density at radius 1 is 1.24 bits per heavy atom. The van der Waals surface area contributed by atoms with E-state index in [1.807, 2.05) is 26.8 Å². The average molecular weight is 286 g/mol. The maximum absolute atomic E-state index is 12.3. The lowest BCUT2D eigenvalue weighted by Crippen LogP contribution is -2.29. The van der Waals surface area contributed by atoms with Crippen LogP contribution in [0.5, 0.6) is 0 Å².